The number of hydrogen-bond donors (Lipinski definition) is 0. The van der Waals surface area contributed by atoms with Crippen LogP contribution < -0.4 is 14.2 Å². The van der Waals surface area contributed by atoms with E-state index in [2.05, 4.69) is 9.88 Å². The molecule has 0 saturated carbocycles. The van der Waals surface area contributed by atoms with Gasteiger partial charge in [-0.3, -0.25) is 0 Å². The number of rotatable bonds is 7. The fraction of sp³-hybridized carbons (Fsp3) is 0.185. The van der Waals surface area contributed by atoms with Crippen LogP contribution in [0.5, 0.6) is 17.2 Å². The highest BCUT2D eigenvalue weighted by atomic mass is 35.5. The third-order valence-corrected chi connectivity index (χ3v) is 5.83. The average molecular weight is 519 g/mol. The van der Waals surface area contributed by atoms with Gasteiger partial charge in [0.1, 0.15) is 11.4 Å². The molecule has 1 aliphatic heterocycles. The molecule has 0 saturated heterocycles. The van der Waals surface area contributed by atoms with Crippen molar-refractivity contribution in [1.82, 2.24) is 19.7 Å². The Morgan fingerprint density at radius 3 is 2.54 bits per heavy atom. The maximum absolute atomic E-state index is 12.4. The summed E-state index contributed by atoms with van der Waals surface area (Å²) in [7, 11) is 4.04. The van der Waals surface area contributed by atoms with Crippen molar-refractivity contribution in [2.24, 2.45) is 0 Å². The molecule has 0 atom stereocenters. The average Bonchev–Trinajstić information content (AvgIpc) is 3.26. The summed E-state index contributed by atoms with van der Waals surface area (Å²) in [4.78, 5) is 31.1. The van der Waals surface area contributed by atoms with E-state index >= 15 is 0 Å². The van der Waals surface area contributed by atoms with Gasteiger partial charge in [-0.25, -0.2) is 19.3 Å². The Kier molecular flexibility index (Phi) is 6.89. The van der Waals surface area contributed by atoms with Crippen LogP contribution in [0.1, 0.15) is 6.42 Å². The van der Waals surface area contributed by atoms with Gasteiger partial charge in [0.15, 0.2) is 17.1 Å². The molecule has 4 aromatic rings. The molecule has 188 valence electrons. The molecule has 0 aliphatic carbocycles. The SMILES string of the molecule is CN(C)CCCOc1cccc(-n2nc(-c3ccc(Cl)cc3)c3c4c(cnc32)OC(=O)/C=C/C(=O)O4)c1. The zero-order chi connectivity index (χ0) is 25.9. The molecular weight excluding hydrogens is 496 g/mol. The molecule has 0 N–H and O–H groups in total. The van der Waals surface area contributed by atoms with Crippen molar-refractivity contribution in [1.29, 1.82) is 0 Å². The number of carbonyl (C=O) groups excluding carboxylic acids is 2. The molecule has 37 heavy (non-hydrogen) atoms. The van der Waals surface area contributed by atoms with Gasteiger partial charge in [0.2, 0.25) is 0 Å². The normalized spacial score (nSPS) is 14.1. The number of hydrogen-bond acceptors (Lipinski definition) is 8. The summed E-state index contributed by atoms with van der Waals surface area (Å²) in [6, 6.07) is 14.5. The van der Waals surface area contributed by atoms with E-state index in [1.165, 1.54) is 6.20 Å². The van der Waals surface area contributed by atoms with Crippen LogP contribution in [0.2, 0.25) is 5.02 Å². The molecule has 0 amide bonds. The van der Waals surface area contributed by atoms with Gasteiger partial charge >= 0.3 is 11.9 Å². The van der Waals surface area contributed by atoms with Crippen LogP contribution in [0.15, 0.2) is 66.9 Å². The number of nitrogens with zero attached hydrogens (tertiary/aromatic N) is 4. The Labute approximate surface area is 217 Å². The van der Waals surface area contributed by atoms with Crippen LogP contribution in [0.25, 0.3) is 28.0 Å². The molecule has 9 nitrogen and oxygen atoms in total. The van der Waals surface area contributed by atoms with Crippen molar-refractivity contribution in [2.45, 2.75) is 6.42 Å². The van der Waals surface area contributed by atoms with Crippen molar-refractivity contribution < 1.29 is 23.8 Å². The van der Waals surface area contributed by atoms with E-state index in [1.54, 1.807) is 28.9 Å². The Balaban J connectivity index is 1.64. The molecule has 3 heterocycles. The second-order valence-electron chi connectivity index (χ2n) is 8.60. The maximum atomic E-state index is 12.4. The minimum absolute atomic E-state index is 0.0166. The predicted molar refractivity (Wildman–Crippen MR) is 138 cm³/mol. The lowest BCUT2D eigenvalue weighted by atomic mass is 10.1. The zero-order valence-electron chi connectivity index (χ0n) is 20.2. The molecule has 10 heteroatoms. The molecule has 0 radical (unpaired) electrons. The number of pyridine rings is 1. The van der Waals surface area contributed by atoms with Gasteiger partial charge in [0.05, 0.1) is 23.9 Å². The molecule has 2 aromatic heterocycles. The van der Waals surface area contributed by atoms with Gasteiger partial charge in [0.25, 0.3) is 0 Å². The Morgan fingerprint density at radius 1 is 1.03 bits per heavy atom. The van der Waals surface area contributed by atoms with E-state index in [0.29, 0.717) is 45.4 Å². The fourth-order valence-electron chi connectivity index (χ4n) is 3.89. The first-order chi connectivity index (χ1) is 17.9. The highest BCUT2D eigenvalue weighted by Gasteiger charge is 2.26. The van der Waals surface area contributed by atoms with Gasteiger partial charge in [0, 0.05) is 35.3 Å². The van der Waals surface area contributed by atoms with Crippen LogP contribution in [-0.4, -0.2) is 58.8 Å². The summed E-state index contributed by atoms with van der Waals surface area (Å²) in [5.41, 5.74) is 2.28. The number of aromatic nitrogens is 3. The van der Waals surface area contributed by atoms with Crippen LogP contribution in [-0.2, 0) is 9.59 Å². The maximum Gasteiger partial charge on any atom is 0.336 e. The molecule has 2 aromatic carbocycles. The zero-order valence-corrected chi connectivity index (χ0v) is 20.9. The third kappa shape index (κ3) is 5.32. The predicted octanol–water partition coefficient (Wildman–Crippen LogP) is 4.45. The van der Waals surface area contributed by atoms with Crippen molar-refractivity contribution in [3.05, 3.63) is 71.9 Å². The second kappa shape index (κ2) is 10.4. The van der Waals surface area contributed by atoms with Crippen molar-refractivity contribution in [3.8, 4) is 34.2 Å². The summed E-state index contributed by atoms with van der Waals surface area (Å²) in [6.45, 7) is 1.49. The van der Waals surface area contributed by atoms with Crippen LogP contribution in [0.3, 0.4) is 0 Å². The van der Waals surface area contributed by atoms with E-state index in [0.717, 1.165) is 25.1 Å². The molecule has 5 rings (SSSR count). The lowest BCUT2D eigenvalue weighted by Crippen LogP contribution is -2.15. The van der Waals surface area contributed by atoms with E-state index in [1.807, 2.05) is 38.4 Å². The van der Waals surface area contributed by atoms with E-state index in [4.69, 9.17) is 30.9 Å². The highest BCUT2D eigenvalue weighted by Crippen LogP contribution is 2.42. The molecule has 0 unspecified atom stereocenters. The fourth-order valence-corrected chi connectivity index (χ4v) is 4.02. The van der Waals surface area contributed by atoms with Gasteiger partial charge in [-0.1, -0.05) is 29.8 Å². The minimum atomic E-state index is -0.715. The van der Waals surface area contributed by atoms with Crippen LogP contribution >= 0.6 is 11.6 Å². The number of fused-ring (bicyclic) bond motifs is 3. The first-order valence-corrected chi connectivity index (χ1v) is 11.9. The van der Waals surface area contributed by atoms with Gasteiger partial charge in [-0.2, -0.15) is 5.10 Å². The smallest absolute Gasteiger partial charge is 0.336 e. The molecule has 1 aliphatic rings. The summed E-state index contributed by atoms with van der Waals surface area (Å²) < 4.78 is 18.5. The van der Waals surface area contributed by atoms with Crippen molar-refractivity contribution >= 4 is 34.6 Å². The van der Waals surface area contributed by atoms with Crippen molar-refractivity contribution in [3.63, 3.8) is 0 Å². The Hall–Kier alpha value is -4.21. The third-order valence-electron chi connectivity index (χ3n) is 5.58. The summed E-state index contributed by atoms with van der Waals surface area (Å²) >= 11 is 6.11. The van der Waals surface area contributed by atoms with Crippen LogP contribution in [0.4, 0.5) is 0 Å². The number of halogens is 1. The monoisotopic (exact) mass is 518 g/mol. The molecule has 0 bridgehead atoms. The summed E-state index contributed by atoms with van der Waals surface area (Å²) in [5.74, 6) is -0.667. The second-order valence-corrected chi connectivity index (χ2v) is 9.03. The van der Waals surface area contributed by atoms with Crippen molar-refractivity contribution in [2.75, 3.05) is 27.2 Å². The largest absolute Gasteiger partial charge is 0.493 e. The van der Waals surface area contributed by atoms with Gasteiger partial charge in [-0.05, 0) is 44.8 Å². The lowest BCUT2D eigenvalue weighted by molar-refractivity contribution is -0.133. The standard InChI is InChI=1S/C27H23ClN4O5/c1-31(2)13-4-14-35-20-6-3-5-19(15-20)32-27-24(25(30-32)17-7-9-18(28)10-8-17)26-21(16-29-27)36-22(33)11-12-23(34)37-26/h3,5-12,15-16H,4,13-14H2,1-2H3/b12-11+. The highest BCUT2D eigenvalue weighted by molar-refractivity contribution is 6.30. The summed E-state index contributed by atoms with van der Waals surface area (Å²) in [6.07, 6.45) is 4.24. The molecule has 0 fully saturated rings. The lowest BCUT2D eigenvalue weighted by Gasteiger charge is -2.13. The Morgan fingerprint density at radius 2 is 1.78 bits per heavy atom. The number of carbonyl (C=O) groups is 2. The Bertz CT molecular complexity index is 1510. The van der Waals surface area contributed by atoms with E-state index in [-0.39, 0.29) is 11.5 Å². The first-order valence-electron chi connectivity index (χ1n) is 11.6. The van der Waals surface area contributed by atoms with Gasteiger partial charge in [-0.15, -0.1) is 0 Å². The molecular formula is C27H23ClN4O5. The number of ether oxygens (including phenoxy) is 3. The number of esters is 2. The van der Waals surface area contributed by atoms with E-state index in [9.17, 15) is 9.59 Å². The minimum Gasteiger partial charge on any atom is -0.493 e. The summed E-state index contributed by atoms with van der Waals surface area (Å²) in [5, 5.41) is 5.80. The topological polar surface area (TPSA) is 95.8 Å². The van der Waals surface area contributed by atoms with Gasteiger partial charge < -0.3 is 19.1 Å². The quantitative estimate of drug-likeness (QED) is 0.261. The number of benzene rings is 2. The van der Waals surface area contributed by atoms with Crippen LogP contribution in [0, 0.1) is 0 Å². The van der Waals surface area contributed by atoms with E-state index < -0.39 is 11.9 Å². The first kappa shape index (κ1) is 24.5. The molecule has 0 spiro atoms.